The predicted molar refractivity (Wildman–Crippen MR) is 63.1 cm³/mol. The van der Waals surface area contributed by atoms with Crippen molar-refractivity contribution in [3.63, 3.8) is 0 Å². The lowest BCUT2D eigenvalue weighted by Crippen LogP contribution is -2.44. The fourth-order valence-corrected chi connectivity index (χ4v) is 2.19. The van der Waals surface area contributed by atoms with Crippen molar-refractivity contribution in [1.82, 2.24) is 15.2 Å². The molecule has 1 aromatic heterocycles. The topological polar surface area (TPSA) is 41.3 Å². The maximum absolute atomic E-state index is 5.20. The molecule has 0 aliphatic carbocycles. The molecule has 2 heterocycles. The van der Waals surface area contributed by atoms with E-state index in [1.165, 1.54) is 32.3 Å². The zero-order chi connectivity index (χ0) is 11.4. The van der Waals surface area contributed by atoms with Gasteiger partial charge in [-0.3, -0.25) is 0 Å². The van der Waals surface area contributed by atoms with Crippen LogP contribution in [0.3, 0.4) is 0 Å². The summed E-state index contributed by atoms with van der Waals surface area (Å²) in [5.41, 5.74) is 0. The van der Waals surface area contributed by atoms with Gasteiger partial charge in [-0.2, -0.15) is 0 Å². The number of oxazole rings is 1. The van der Waals surface area contributed by atoms with Crippen LogP contribution in [0.4, 0.5) is 0 Å². The average molecular weight is 223 g/mol. The van der Waals surface area contributed by atoms with Gasteiger partial charge in [0, 0.05) is 12.1 Å². The Kier molecular flexibility index (Phi) is 3.96. The van der Waals surface area contributed by atoms with Gasteiger partial charge in [-0.05, 0) is 39.8 Å². The van der Waals surface area contributed by atoms with Gasteiger partial charge in [-0.1, -0.05) is 0 Å². The lowest BCUT2D eigenvalue weighted by atomic mass is 10.0. The van der Waals surface area contributed by atoms with E-state index >= 15 is 0 Å². The number of hydrogen-bond donors (Lipinski definition) is 1. The van der Waals surface area contributed by atoms with E-state index in [4.69, 9.17) is 4.42 Å². The average Bonchev–Trinajstić information content (AvgIpc) is 2.80. The number of rotatable bonds is 4. The lowest BCUT2D eigenvalue weighted by molar-refractivity contribution is 0.160. The summed E-state index contributed by atoms with van der Waals surface area (Å²) < 4.78 is 5.20. The second-order valence-electron chi connectivity index (χ2n) is 4.75. The SMILES string of the molecule is CC(C)N1CCC(NCc2cnco2)CC1. The monoisotopic (exact) mass is 223 g/mol. The molecule has 16 heavy (non-hydrogen) atoms. The van der Waals surface area contributed by atoms with Gasteiger partial charge >= 0.3 is 0 Å². The first-order valence-electron chi connectivity index (χ1n) is 6.10. The molecule has 1 fully saturated rings. The molecule has 0 aromatic carbocycles. The van der Waals surface area contributed by atoms with E-state index in [1.54, 1.807) is 6.20 Å². The first kappa shape index (κ1) is 11.6. The first-order chi connectivity index (χ1) is 7.75. The van der Waals surface area contributed by atoms with Crippen molar-refractivity contribution in [1.29, 1.82) is 0 Å². The Bertz CT molecular complexity index is 289. The second kappa shape index (κ2) is 5.46. The summed E-state index contributed by atoms with van der Waals surface area (Å²) >= 11 is 0. The molecule has 0 radical (unpaired) electrons. The molecular formula is C12H21N3O. The van der Waals surface area contributed by atoms with Crippen molar-refractivity contribution in [2.24, 2.45) is 0 Å². The molecule has 1 aliphatic heterocycles. The van der Waals surface area contributed by atoms with Crippen LogP contribution in [-0.2, 0) is 6.54 Å². The molecule has 4 nitrogen and oxygen atoms in total. The zero-order valence-electron chi connectivity index (χ0n) is 10.1. The van der Waals surface area contributed by atoms with E-state index in [9.17, 15) is 0 Å². The van der Waals surface area contributed by atoms with Crippen LogP contribution >= 0.6 is 0 Å². The highest BCUT2D eigenvalue weighted by molar-refractivity contribution is 4.89. The minimum absolute atomic E-state index is 0.625. The Morgan fingerprint density at radius 1 is 1.50 bits per heavy atom. The van der Waals surface area contributed by atoms with E-state index < -0.39 is 0 Å². The molecule has 1 aromatic rings. The lowest BCUT2D eigenvalue weighted by Gasteiger charge is -2.34. The van der Waals surface area contributed by atoms with Crippen molar-refractivity contribution in [2.45, 2.75) is 45.3 Å². The Labute approximate surface area is 97.0 Å². The van der Waals surface area contributed by atoms with Gasteiger partial charge in [0.2, 0.25) is 0 Å². The van der Waals surface area contributed by atoms with Crippen molar-refractivity contribution in [3.8, 4) is 0 Å². The summed E-state index contributed by atoms with van der Waals surface area (Å²) in [5.74, 6) is 0.922. The second-order valence-corrected chi connectivity index (χ2v) is 4.75. The van der Waals surface area contributed by atoms with Crippen molar-refractivity contribution in [2.75, 3.05) is 13.1 Å². The number of hydrogen-bond acceptors (Lipinski definition) is 4. The summed E-state index contributed by atoms with van der Waals surface area (Å²) in [6.07, 6.45) is 5.72. The highest BCUT2D eigenvalue weighted by Crippen LogP contribution is 2.13. The van der Waals surface area contributed by atoms with E-state index in [2.05, 4.69) is 29.0 Å². The van der Waals surface area contributed by atoms with Gasteiger partial charge in [-0.15, -0.1) is 0 Å². The van der Waals surface area contributed by atoms with Crippen LogP contribution in [-0.4, -0.2) is 35.1 Å². The van der Waals surface area contributed by atoms with Gasteiger partial charge in [0.25, 0.3) is 0 Å². The maximum atomic E-state index is 5.20. The van der Waals surface area contributed by atoms with Crippen LogP contribution in [0.1, 0.15) is 32.4 Å². The standard InChI is InChI=1S/C12H21N3O/c1-10(2)15-5-3-11(4-6-15)14-8-12-7-13-9-16-12/h7,9-11,14H,3-6,8H2,1-2H3. The quantitative estimate of drug-likeness (QED) is 0.842. The third-order valence-electron chi connectivity index (χ3n) is 3.31. The number of likely N-dealkylation sites (tertiary alicyclic amines) is 1. The van der Waals surface area contributed by atoms with Crippen LogP contribution < -0.4 is 5.32 Å². The van der Waals surface area contributed by atoms with Crippen LogP contribution in [0.15, 0.2) is 17.0 Å². The van der Waals surface area contributed by atoms with Crippen molar-refractivity contribution < 1.29 is 4.42 Å². The molecule has 90 valence electrons. The zero-order valence-corrected chi connectivity index (χ0v) is 10.1. The third-order valence-corrected chi connectivity index (χ3v) is 3.31. The van der Waals surface area contributed by atoms with Gasteiger partial charge in [0.15, 0.2) is 6.39 Å². The van der Waals surface area contributed by atoms with E-state index in [0.29, 0.717) is 12.1 Å². The number of piperidine rings is 1. The number of nitrogens with zero attached hydrogens (tertiary/aromatic N) is 2. The molecular weight excluding hydrogens is 202 g/mol. The highest BCUT2D eigenvalue weighted by Gasteiger charge is 2.20. The summed E-state index contributed by atoms with van der Waals surface area (Å²) in [4.78, 5) is 6.44. The molecule has 0 spiro atoms. The Balaban J connectivity index is 1.69. The molecule has 1 N–H and O–H groups in total. The van der Waals surface area contributed by atoms with E-state index in [0.717, 1.165) is 12.3 Å². The summed E-state index contributed by atoms with van der Waals surface area (Å²) in [6, 6.07) is 1.30. The predicted octanol–water partition coefficient (Wildman–Crippen LogP) is 1.64. The van der Waals surface area contributed by atoms with Gasteiger partial charge in [0.1, 0.15) is 5.76 Å². The Morgan fingerprint density at radius 2 is 2.25 bits per heavy atom. The third kappa shape index (κ3) is 3.06. The molecule has 0 bridgehead atoms. The Hall–Kier alpha value is -0.870. The van der Waals surface area contributed by atoms with Crippen molar-refractivity contribution in [3.05, 3.63) is 18.4 Å². The molecule has 0 saturated carbocycles. The minimum atomic E-state index is 0.625. The van der Waals surface area contributed by atoms with Crippen molar-refractivity contribution >= 4 is 0 Å². The van der Waals surface area contributed by atoms with Gasteiger partial charge < -0.3 is 14.6 Å². The summed E-state index contributed by atoms with van der Waals surface area (Å²) in [5, 5.41) is 3.52. The van der Waals surface area contributed by atoms with Gasteiger partial charge in [0.05, 0.1) is 12.7 Å². The smallest absolute Gasteiger partial charge is 0.180 e. The largest absolute Gasteiger partial charge is 0.447 e. The minimum Gasteiger partial charge on any atom is -0.447 e. The molecule has 0 unspecified atom stereocenters. The molecule has 0 atom stereocenters. The summed E-state index contributed by atoms with van der Waals surface area (Å²) in [7, 11) is 0. The van der Waals surface area contributed by atoms with Crippen LogP contribution in [0.25, 0.3) is 0 Å². The van der Waals surface area contributed by atoms with E-state index in [1.807, 2.05) is 0 Å². The molecule has 2 rings (SSSR count). The van der Waals surface area contributed by atoms with Crippen LogP contribution in [0.2, 0.25) is 0 Å². The fourth-order valence-electron chi connectivity index (χ4n) is 2.19. The first-order valence-corrected chi connectivity index (χ1v) is 6.10. The molecule has 1 aliphatic rings. The molecule has 4 heteroatoms. The number of aromatic nitrogens is 1. The summed E-state index contributed by atoms with van der Waals surface area (Å²) in [6.45, 7) is 7.73. The molecule has 1 saturated heterocycles. The van der Waals surface area contributed by atoms with Crippen LogP contribution in [0, 0.1) is 0 Å². The highest BCUT2D eigenvalue weighted by atomic mass is 16.3. The fraction of sp³-hybridized carbons (Fsp3) is 0.750. The van der Waals surface area contributed by atoms with E-state index in [-0.39, 0.29) is 0 Å². The number of nitrogens with one attached hydrogen (secondary N) is 1. The molecule has 0 amide bonds. The van der Waals surface area contributed by atoms with Crippen LogP contribution in [0.5, 0.6) is 0 Å². The normalized spacial score (nSPS) is 19.4. The Morgan fingerprint density at radius 3 is 2.81 bits per heavy atom. The maximum Gasteiger partial charge on any atom is 0.180 e. The van der Waals surface area contributed by atoms with Gasteiger partial charge in [-0.25, -0.2) is 4.98 Å².